The van der Waals surface area contributed by atoms with Crippen molar-refractivity contribution < 1.29 is 22.7 Å². The molecule has 8 nitrogen and oxygen atoms in total. The lowest BCUT2D eigenvalue weighted by molar-refractivity contribution is -0.274. The average molecular weight is 501 g/mol. The maximum Gasteiger partial charge on any atom is 0.573 e. The third-order valence-electron chi connectivity index (χ3n) is 6.95. The summed E-state index contributed by atoms with van der Waals surface area (Å²) < 4.78 is 41.0. The summed E-state index contributed by atoms with van der Waals surface area (Å²) in [5, 5.41) is 3.32. The summed E-state index contributed by atoms with van der Waals surface area (Å²) in [6, 6.07) is 7.56. The molecule has 1 unspecified atom stereocenters. The zero-order valence-electron chi connectivity index (χ0n) is 19.8. The molecule has 2 saturated heterocycles. The normalized spacial score (nSPS) is 19.2. The van der Waals surface area contributed by atoms with E-state index in [1.165, 1.54) is 12.1 Å². The molecule has 0 bridgehead atoms. The standard InChI is InChI=1S/C25H27F3N6O2/c1-29-18-8-11-34(14-18)19-12-21-23(30-13-19)22(32-15-31-21)16-6-9-33(10-7-16)24(35)17-2-4-20(5-3-17)36-25(26,27)28/h2-5,12-13,15-16,18,29H,6-11,14H2,1H3. The highest BCUT2D eigenvalue weighted by molar-refractivity contribution is 5.94. The van der Waals surface area contributed by atoms with Gasteiger partial charge in [0.2, 0.25) is 0 Å². The van der Waals surface area contributed by atoms with E-state index in [9.17, 15) is 18.0 Å². The Labute approximate surface area is 206 Å². The topological polar surface area (TPSA) is 83.5 Å². The number of hydrogen-bond donors (Lipinski definition) is 1. The number of rotatable bonds is 5. The Morgan fingerprint density at radius 2 is 1.81 bits per heavy atom. The van der Waals surface area contributed by atoms with Crippen LogP contribution in [0.25, 0.3) is 11.0 Å². The predicted molar refractivity (Wildman–Crippen MR) is 128 cm³/mol. The van der Waals surface area contributed by atoms with Crippen molar-refractivity contribution >= 4 is 22.6 Å². The van der Waals surface area contributed by atoms with Crippen LogP contribution in [0.4, 0.5) is 18.9 Å². The summed E-state index contributed by atoms with van der Waals surface area (Å²) in [6.45, 7) is 2.95. The zero-order chi connectivity index (χ0) is 25.3. The van der Waals surface area contributed by atoms with Gasteiger partial charge in [-0.25, -0.2) is 9.97 Å². The van der Waals surface area contributed by atoms with E-state index in [1.807, 2.05) is 13.2 Å². The average Bonchev–Trinajstić information content (AvgIpc) is 3.37. The van der Waals surface area contributed by atoms with Crippen LogP contribution in [0.1, 0.15) is 41.2 Å². The van der Waals surface area contributed by atoms with Crippen LogP contribution in [0.15, 0.2) is 42.9 Å². The van der Waals surface area contributed by atoms with Gasteiger partial charge in [-0.1, -0.05) is 0 Å². The molecule has 0 radical (unpaired) electrons. The van der Waals surface area contributed by atoms with Gasteiger partial charge in [-0.3, -0.25) is 9.78 Å². The fourth-order valence-corrected chi connectivity index (χ4v) is 4.99. The van der Waals surface area contributed by atoms with E-state index in [2.05, 4.69) is 31.0 Å². The number of hydrogen-bond acceptors (Lipinski definition) is 7. The van der Waals surface area contributed by atoms with Crippen molar-refractivity contribution in [1.82, 2.24) is 25.2 Å². The number of nitrogens with one attached hydrogen (secondary N) is 1. The summed E-state index contributed by atoms with van der Waals surface area (Å²) in [5.74, 6) is -0.427. The highest BCUT2D eigenvalue weighted by Crippen LogP contribution is 2.32. The number of anilines is 1. The van der Waals surface area contributed by atoms with Gasteiger partial charge in [-0.15, -0.1) is 13.2 Å². The van der Waals surface area contributed by atoms with Crippen molar-refractivity contribution in [2.75, 3.05) is 38.1 Å². The molecule has 3 aromatic rings. The van der Waals surface area contributed by atoms with E-state index in [0.717, 1.165) is 54.1 Å². The summed E-state index contributed by atoms with van der Waals surface area (Å²) in [4.78, 5) is 30.6. The number of amides is 1. The fraction of sp³-hybridized carbons (Fsp3) is 0.440. The van der Waals surface area contributed by atoms with Gasteiger partial charge in [-0.05, 0) is 56.6 Å². The van der Waals surface area contributed by atoms with Crippen LogP contribution in [0.3, 0.4) is 0 Å². The second-order valence-electron chi connectivity index (χ2n) is 9.18. The van der Waals surface area contributed by atoms with Crippen molar-refractivity contribution in [1.29, 1.82) is 0 Å². The number of carbonyl (C=O) groups is 1. The summed E-state index contributed by atoms with van der Waals surface area (Å²) in [6.07, 6.45) is 1.22. The minimum Gasteiger partial charge on any atom is -0.406 e. The van der Waals surface area contributed by atoms with E-state index in [-0.39, 0.29) is 17.6 Å². The third kappa shape index (κ3) is 5.20. The molecule has 1 amide bonds. The second kappa shape index (κ2) is 9.88. The van der Waals surface area contributed by atoms with Crippen LogP contribution in [0.5, 0.6) is 5.75 Å². The number of benzene rings is 1. The molecule has 1 aromatic carbocycles. The summed E-state index contributed by atoms with van der Waals surface area (Å²) >= 11 is 0. The van der Waals surface area contributed by atoms with E-state index in [1.54, 1.807) is 11.2 Å². The number of aromatic nitrogens is 3. The number of likely N-dealkylation sites (N-methyl/N-ethyl adjacent to an activating group) is 1. The van der Waals surface area contributed by atoms with Gasteiger partial charge in [0, 0.05) is 43.7 Å². The van der Waals surface area contributed by atoms with Gasteiger partial charge in [-0.2, -0.15) is 0 Å². The third-order valence-corrected chi connectivity index (χ3v) is 6.95. The molecule has 2 aliphatic rings. The number of nitrogens with zero attached hydrogens (tertiary/aromatic N) is 5. The van der Waals surface area contributed by atoms with Crippen molar-refractivity contribution in [3.8, 4) is 5.75 Å². The lowest BCUT2D eigenvalue weighted by Crippen LogP contribution is -2.38. The second-order valence-corrected chi connectivity index (χ2v) is 9.18. The smallest absolute Gasteiger partial charge is 0.406 e. The Balaban J connectivity index is 1.24. The van der Waals surface area contributed by atoms with Gasteiger partial charge >= 0.3 is 6.36 Å². The Hall–Kier alpha value is -3.47. The Bertz CT molecular complexity index is 1230. The number of ether oxygens (including phenoxy) is 1. The molecular formula is C25H27F3N6O2. The Kier molecular flexibility index (Phi) is 6.65. The monoisotopic (exact) mass is 500 g/mol. The first-order valence-corrected chi connectivity index (χ1v) is 12.0. The number of carbonyl (C=O) groups excluding carboxylic acids is 1. The van der Waals surface area contributed by atoms with E-state index >= 15 is 0 Å². The van der Waals surface area contributed by atoms with Crippen molar-refractivity contribution in [2.45, 2.75) is 37.6 Å². The number of fused-ring (bicyclic) bond motifs is 1. The van der Waals surface area contributed by atoms with E-state index < -0.39 is 6.36 Å². The number of likely N-dealkylation sites (tertiary alicyclic amines) is 1. The number of piperidine rings is 1. The molecule has 2 fully saturated rings. The van der Waals surface area contributed by atoms with Crippen molar-refractivity contribution in [3.63, 3.8) is 0 Å². The minimum atomic E-state index is -4.77. The molecule has 1 atom stereocenters. The number of halogens is 3. The minimum absolute atomic E-state index is 0.140. The summed E-state index contributed by atoms with van der Waals surface area (Å²) in [5.41, 5.74) is 3.87. The van der Waals surface area contributed by atoms with Gasteiger partial charge in [0.25, 0.3) is 5.91 Å². The lowest BCUT2D eigenvalue weighted by Gasteiger charge is -2.32. The molecule has 0 aliphatic carbocycles. The first-order chi connectivity index (χ1) is 17.3. The van der Waals surface area contributed by atoms with Crippen LogP contribution < -0.4 is 15.0 Å². The fourth-order valence-electron chi connectivity index (χ4n) is 4.99. The maximum absolute atomic E-state index is 12.9. The molecule has 0 saturated carbocycles. The first kappa shape index (κ1) is 24.2. The van der Waals surface area contributed by atoms with Crippen LogP contribution in [0, 0.1) is 0 Å². The van der Waals surface area contributed by atoms with Gasteiger partial charge < -0.3 is 19.9 Å². The number of alkyl halides is 3. The molecular weight excluding hydrogens is 473 g/mol. The van der Waals surface area contributed by atoms with Crippen LogP contribution in [0.2, 0.25) is 0 Å². The zero-order valence-corrected chi connectivity index (χ0v) is 19.8. The first-order valence-electron chi connectivity index (χ1n) is 12.0. The number of pyridine rings is 1. The largest absolute Gasteiger partial charge is 0.573 e. The van der Waals surface area contributed by atoms with Crippen molar-refractivity contribution in [2.24, 2.45) is 0 Å². The van der Waals surface area contributed by atoms with Gasteiger partial charge in [0.15, 0.2) is 0 Å². The van der Waals surface area contributed by atoms with Crippen LogP contribution in [-0.2, 0) is 0 Å². The quantitative estimate of drug-likeness (QED) is 0.572. The molecule has 1 N–H and O–H groups in total. The van der Waals surface area contributed by atoms with Crippen molar-refractivity contribution in [3.05, 3.63) is 54.1 Å². The van der Waals surface area contributed by atoms with Gasteiger partial charge in [0.05, 0.1) is 23.1 Å². The summed E-state index contributed by atoms with van der Waals surface area (Å²) in [7, 11) is 1.98. The molecule has 11 heteroatoms. The SMILES string of the molecule is CNC1CCN(c2cnc3c(C4CCN(C(=O)c5ccc(OC(F)(F)F)cc5)CC4)ncnc3c2)C1. The van der Waals surface area contributed by atoms with E-state index in [4.69, 9.17) is 4.98 Å². The molecule has 4 heterocycles. The predicted octanol–water partition coefficient (Wildman–Crippen LogP) is 3.74. The molecule has 0 spiro atoms. The molecule has 190 valence electrons. The van der Waals surface area contributed by atoms with Gasteiger partial charge in [0.1, 0.15) is 17.6 Å². The van der Waals surface area contributed by atoms with Crippen LogP contribution in [-0.4, -0.2) is 71.4 Å². The maximum atomic E-state index is 12.9. The highest BCUT2D eigenvalue weighted by Gasteiger charge is 2.31. The Morgan fingerprint density at radius 3 is 2.47 bits per heavy atom. The van der Waals surface area contributed by atoms with E-state index in [0.29, 0.717) is 37.5 Å². The highest BCUT2D eigenvalue weighted by atomic mass is 19.4. The molecule has 5 rings (SSSR count). The Morgan fingerprint density at radius 1 is 1.06 bits per heavy atom. The molecule has 2 aliphatic heterocycles. The molecule has 2 aromatic heterocycles. The lowest BCUT2D eigenvalue weighted by atomic mass is 9.92. The molecule has 36 heavy (non-hydrogen) atoms. The van der Waals surface area contributed by atoms with Crippen LogP contribution >= 0.6 is 0 Å².